The lowest BCUT2D eigenvalue weighted by Gasteiger charge is -2.08. The van der Waals surface area contributed by atoms with Crippen LogP contribution in [-0.2, 0) is 7.05 Å². The largest absolute Gasteiger partial charge is 0.439 e. The van der Waals surface area contributed by atoms with Gasteiger partial charge < -0.3 is 14.3 Å². The van der Waals surface area contributed by atoms with Gasteiger partial charge in [-0.25, -0.2) is 14.4 Å². The van der Waals surface area contributed by atoms with E-state index >= 15 is 0 Å². The van der Waals surface area contributed by atoms with Crippen molar-refractivity contribution in [1.29, 1.82) is 0 Å². The fourth-order valence-electron chi connectivity index (χ4n) is 3.76. The van der Waals surface area contributed by atoms with Gasteiger partial charge in [-0.05, 0) is 43.3 Å². The number of imidazole rings is 1. The summed E-state index contributed by atoms with van der Waals surface area (Å²) in [7, 11) is 1.84. The maximum atomic E-state index is 14.5. The van der Waals surface area contributed by atoms with Crippen LogP contribution in [0.15, 0.2) is 59.1 Å². The van der Waals surface area contributed by atoms with E-state index in [0.717, 1.165) is 11.3 Å². The molecule has 160 valence electrons. The van der Waals surface area contributed by atoms with Gasteiger partial charge in [-0.2, -0.15) is 0 Å². The molecule has 0 radical (unpaired) electrons. The maximum Gasteiger partial charge on any atom is 0.192 e. The monoisotopic (exact) mass is 447 g/mol. The smallest absolute Gasteiger partial charge is 0.192 e. The minimum atomic E-state index is -0.369. The standard InChI is InChI=1S/C24H19ClFN5O/c1-13-23(32-14(2)28-13)19-9-8-16(12-27-19)29-20-10-15(26)11-21-22(20)30-24(31(21)3)17-6-4-5-7-18(17)25/h4-12,29H,1-3H3. The average molecular weight is 448 g/mol. The van der Waals surface area contributed by atoms with Crippen LogP contribution in [0.25, 0.3) is 33.9 Å². The van der Waals surface area contributed by atoms with E-state index in [1.165, 1.54) is 12.1 Å². The van der Waals surface area contributed by atoms with Crippen LogP contribution in [0.2, 0.25) is 5.02 Å². The van der Waals surface area contributed by atoms with Crippen LogP contribution in [-0.4, -0.2) is 19.5 Å². The number of oxazole rings is 1. The van der Waals surface area contributed by atoms with E-state index < -0.39 is 0 Å². The van der Waals surface area contributed by atoms with Crippen LogP contribution in [0.1, 0.15) is 11.6 Å². The lowest BCUT2D eigenvalue weighted by Crippen LogP contribution is -1.95. The van der Waals surface area contributed by atoms with Crippen molar-refractivity contribution in [2.24, 2.45) is 7.05 Å². The van der Waals surface area contributed by atoms with Gasteiger partial charge in [0.2, 0.25) is 0 Å². The molecule has 0 saturated heterocycles. The highest BCUT2D eigenvalue weighted by Gasteiger charge is 2.17. The lowest BCUT2D eigenvalue weighted by molar-refractivity contribution is 0.532. The molecule has 0 aliphatic carbocycles. The van der Waals surface area contributed by atoms with E-state index in [9.17, 15) is 4.39 Å². The third-order valence-electron chi connectivity index (χ3n) is 5.24. The third kappa shape index (κ3) is 3.50. The fourth-order valence-corrected chi connectivity index (χ4v) is 3.98. The Kier molecular flexibility index (Phi) is 4.90. The van der Waals surface area contributed by atoms with E-state index in [2.05, 4.69) is 15.3 Å². The number of hydrogen-bond acceptors (Lipinski definition) is 5. The quantitative estimate of drug-likeness (QED) is 0.343. The van der Waals surface area contributed by atoms with Crippen LogP contribution >= 0.6 is 11.6 Å². The molecule has 1 N–H and O–H groups in total. The predicted molar refractivity (Wildman–Crippen MR) is 124 cm³/mol. The molecule has 0 spiro atoms. The normalized spacial score (nSPS) is 11.3. The van der Waals surface area contributed by atoms with Gasteiger partial charge in [-0.1, -0.05) is 23.7 Å². The molecule has 0 atom stereocenters. The first-order valence-electron chi connectivity index (χ1n) is 9.99. The summed E-state index contributed by atoms with van der Waals surface area (Å²) in [6, 6.07) is 14.0. The zero-order valence-electron chi connectivity index (χ0n) is 17.6. The van der Waals surface area contributed by atoms with E-state index in [-0.39, 0.29) is 5.82 Å². The molecular weight excluding hydrogens is 429 g/mol. The van der Waals surface area contributed by atoms with Crippen LogP contribution < -0.4 is 5.32 Å². The predicted octanol–water partition coefficient (Wildman–Crippen LogP) is 6.44. The Balaban J connectivity index is 1.54. The van der Waals surface area contributed by atoms with Crippen molar-refractivity contribution in [2.75, 3.05) is 5.32 Å². The number of nitrogens with one attached hydrogen (secondary N) is 1. The van der Waals surface area contributed by atoms with E-state index in [0.29, 0.717) is 50.6 Å². The number of hydrogen-bond donors (Lipinski definition) is 1. The van der Waals surface area contributed by atoms with Crippen molar-refractivity contribution in [3.63, 3.8) is 0 Å². The molecule has 3 heterocycles. The number of fused-ring (bicyclic) bond motifs is 1. The van der Waals surface area contributed by atoms with Crippen LogP contribution in [0.3, 0.4) is 0 Å². The SMILES string of the molecule is Cc1nc(C)c(-c2ccc(Nc3cc(F)cc4c3nc(-c3ccccc3Cl)n4C)cn2)o1. The van der Waals surface area contributed by atoms with Crippen molar-refractivity contribution in [1.82, 2.24) is 19.5 Å². The first-order valence-corrected chi connectivity index (χ1v) is 10.4. The topological polar surface area (TPSA) is 68.8 Å². The second-order valence-electron chi connectivity index (χ2n) is 7.50. The summed E-state index contributed by atoms with van der Waals surface area (Å²) in [6.07, 6.45) is 1.67. The summed E-state index contributed by atoms with van der Waals surface area (Å²) in [5.41, 5.74) is 4.76. The summed E-state index contributed by atoms with van der Waals surface area (Å²) >= 11 is 6.37. The number of aryl methyl sites for hydroxylation is 3. The molecule has 8 heteroatoms. The van der Waals surface area contributed by atoms with Crippen LogP contribution in [0, 0.1) is 19.7 Å². The summed E-state index contributed by atoms with van der Waals surface area (Å²) in [6.45, 7) is 3.67. The minimum Gasteiger partial charge on any atom is -0.439 e. The highest BCUT2D eigenvalue weighted by molar-refractivity contribution is 6.33. The molecule has 2 aromatic carbocycles. The molecule has 6 nitrogen and oxygen atoms in total. The van der Waals surface area contributed by atoms with Crippen molar-refractivity contribution in [2.45, 2.75) is 13.8 Å². The van der Waals surface area contributed by atoms with Crippen molar-refractivity contribution in [3.05, 3.63) is 77.2 Å². The molecule has 5 aromatic rings. The molecule has 32 heavy (non-hydrogen) atoms. The molecule has 0 bridgehead atoms. The Hall–Kier alpha value is -3.71. The van der Waals surface area contributed by atoms with Gasteiger partial charge in [0, 0.05) is 19.5 Å². The molecule has 5 rings (SSSR count). The second-order valence-corrected chi connectivity index (χ2v) is 7.91. The maximum absolute atomic E-state index is 14.5. The first kappa shape index (κ1) is 20.2. The molecule has 0 amide bonds. The molecule has 0 fully saturated rings. The zero-order chi connectivity index (χ0) is 22.4. The van der Waals surface area contributed by atoms with Crippen molar-refractivity contribution in [3.8, 4) is 22.8 Å². The second kappa shape index (κ2) is 7.76. The lowest BCUT2D eigenvalue weighted by atomic mass is 10.2. The highest BCUT2D eigenvalue weighted by Crippen LogP contribution is 2.34. The summed E-state index contributed by atoms with van der Waals surface area (Å²) in [5, 5.41) is 3.82. The Bertz CT molecular complexity index is 1460. The number of halogens is 2. The van der Waals surface area contributed by atoms with E-state index in [1.807, 2.05) is 48.9 Å². The number of aromatic nitrogens is 4. The number of nitrogens with zero attached hydrogens (tertiary/aromatic N) is 4. The van der Waals surface area contributed by atoms with Crippen LogP contribution in [0.5, 0.6) is 0 Å². The fraction of sp³-hybridized carbons (Fsp3) is 0.125. The zero-order valence-corrected chi connectivity index (χ0v) is 18.4. The summed E-state index contributed by atoms with van der Waals surface area (Å²) in [4.78, 5) is 13.5. The van der Waals surface area contributed by atoms with Crippen molar-refractivity contribution >= 4 is 34.0 Å². The Morgan fingerprint density at radius 3 is 2.56 bits per heavy atom. The number of pyridine rings is 1. The molecule has 0 saturated carbocycles. The molecule has 3 aromatic heterocycles. The average Bonchev–Trinajstić information content (AvgIpc) is 3.28. The Labute approximate surface area is 188 Å². The first-order chi connectivity index (χ1) is 15.4. The third-order valence-corrected chi connectivity index (χ3v) is 5.57. The van der Waals surface area contributed by atoms with E-state index in [4.69, 9.17) is 21.0 Å². The molecule has 0 aliphatic rings. The van der Waals surface area contributed by atoms with Gasteiger partial charge in [-0.3, -0.25) is 4.98 Å². The Morgan fingerprint density at radius 1 is 1.06 bits per heavy atom. The van der Waals surface area contributed by atoms with Gasteiger partial charge in [0.25, 0.3) is 0 Å². The number of rotatable bonds is 4. The summed E-state index contributed by atoms with van der Waals surface area (Å²) in [5.74, 6) is 1.51. The molecular formula is C24H19ClFN5O. The van der Waals surface area contributed by atoms with Gasteiger partial charge in [0.05, 0.1) is 33.8 Å². The van der Waals surface area contributed by atoms with Gasteiger partial charge in [0.15, 0.2) is 11.7 Å². The number of benzene rings is 2. The van der Waals surface area contributed by atoms with Crippen LogP contribution in [0.4, 0.5) is 15.8 Å². The van der Waals surface area contributed by atoms with Gasteiger partial charge in [0.1, 0.15) is 22.9 Å². The van der Waals surface area contributed by atoms with Gasteiger partial charge >= 0.3 is 0 Å². The molecule has 0 unspecified atom stereocenters. The Morgan fingerprint density at radius 2 is 1.88 bits per heavy atom. The highest BCUT2D eigenvalue weighted by atomic mass is 35.5. The van der Waals surface area contributed by atoms with E-state index in [1.54, 1.807) is 19.2 Å². The molecule has 0 aliphatic heterocycles. The van der Waals surface area contributed by atoms with Crippen molar-refractivity contribution < 1.29 is 8.81 Å². The summed E-state index contributed by atoms with van der Waals surface area (Å²) < 4.78 is 21.9. The van der Waals surface area contributed by atoms with Gasteiger partial charge in [-0.15, -0.1) is 0 Å². The number of anilines is 2. The minimum absolute atomic E-state index is 0.369.